The number of rotatable bonds is 4. The van der Waals surface area contributed by atoms with Crippen LogP contribution in [0, 0.1) is 0 Å². The Bertz CT molecular complexity index is 729. The average molecular weight is 314 g/mol. The second-order valence-electron chi connectivity index (χ2n) is 5.39. The Hall–Kier alpha value is -2.10. The zero-order valence-corrected chi connectivity index (χ0v) is 12.8. The van der Waals surface area contributed by atoms with Crippen molar-refractivity contribution in [2.45, 2.75) is 18.6 Å². The van der Waals surface area contributed by atoms with E-state index in [4.69, 9.17) is 11.6 Å². The van der Waals surface area contributed by atoms with Gasteiger partial charge in [0.15, 0.2) is 5.60 Å². The van der Waals surface area contributed by atoms with E-state index in [-0.39, 0.29) is 12.3 Å². The summed E-state index contributed by atoms with van der Waals surface area (Å²) in [5.41, 5.74) is 0.652. The molecule has 0 saturated heterocycles. The topological polar surface area (TPSA) is 40.5 Å². The predicted molar refractivity (Wildman–Crippen MR) is 87.8 cm³/mol. The van der Waals surface area contributed by atoms with Crippen LogP contribution >= 0.6 is 11.6 Å². The first kappa shape index (κ1) is 14.8. The third-order valence-electron chi connectivity index (χ3n) is 3.92. The van der Waals surface area contributed by atoms with Crippen LogP contribution in [0.2, 0.25) is 5.02 Å². The SMILES string of the molecule is C=CC[C@]1(O)C(=O)N(Cc2ccccc2)c2ccc(Cl)cc21. The number of carbonyl (C=O) groups is 1. The van der Waals surface area contributed by atoms with Gasteiger partial charge >= 0.3 is 0 Å². The lowest BCUT2D eigenvalue weighted by molar-refractivity contribution is -0.135. The van der Waals surface area contributed by atoms with Gasteiger partial charge in [0.1, 0.15) is 0 Å². The van der Waals surface area contributed by atoms with Gasteiger partial charge < -0.3 is 10.0 Å². The van der Waals surface area contributed by atoms with Crippen molar-refractivity contribution >= 4 is 23.2 Å². The van der Waals surface area contributed by atoms with Crippen molar-refractivity contribution < 1.29 is 9.90 Å². The number of carbonyl (C=O) groups excluding carboxylic acids is 1. The van der Waals surface area contributed by atoms with E-state index in [1.165, 1.54) is 0 Å². The molecule has 22 heavy (non-hydrogen) atoms. The maximum absolute atomic E-state index is 12.8. The molecule has 1 aliphatic rings. The fourth-order valence-corrected chi connectivity index (χ4v) is 3.02. The Kier molecular flexibility index (Phi) is 3.77. The van der Waals surface area contributed by atoms with Crippen molar-refractivity contribution in [1.82, 2.24) is 0 Å². The molecule has 2 aromatic rings. The summed E-state index contributed by atoms with van der Waals surface area (Å²) in [6.45, 7) is 4.05. The monoisotopic (exact) mass is 313 g/mol. The molecule has 0 fully saturated rings. The quantitative estimate of drug-likeness (QED) is 0.875. The van der Waals surface area contributed by atoms with E-state index in [1.54, 1.807) is 29.2 Å². The summed E-state index contributed by atoms with van der Waals surface area (Å²) >= 11 is 6.04. The van der Waals surface area contributed by atoms with Crippen molar-refractivity contribution in [2.75, 3.05) is 4.90 Å². The summed E-state index contributed by atoms with van der Waals surface area (Å²) in [7, 11) is 0. The fraction of sp³-hybridized carbons (Fsp3) is 0.167. The minimum atomic E-state index is -1.59. The van der Waals surface area contributed by atoms with Crippen molar-refractivity contribution in [2.24, 2.45) is 0 Å². The lowest BCUT2D eigenvalue weighted by Gasteiger charge is -2.22. The van der Waals surface area contributed by atoms with Crippen LogP contribution in [0.15, 0.2) is 61.2 Å². The Morgan fingerprint density at radius 1 is 1.23 bits per heavy atom. The number of amides is 1. The second-order valence-corrected chi connectivity index (χ2v) is 5.83. The van der Waals surface area contributed by atoms with E-state index < -0.39 is 5.60 Å². The Morgan fingerprint density at radius 3 is 2.64 bits per heavy atom. The Morgan fingerprint density at radius 2 is 1.95 bits per heavy atom. The highest BCUT2D eigenvalue weighted by atomic mass is 35.5. The third kappa shape index (κ3) is 2.32. The van der Waals surface area contributed by atoms with E-state index in [0.717, 1.165) is 5.56 Å². The largest absolute Gasteiger partial charge is 0.375 e. The molecule has 2 aromatic carbocycles. The van der Waals surface area contributed by atoms with E-state index >= 15 is 0 Å². The van der Waals surface area contributed by atoms with Gasteiger partial charge in [0.05, 0.1) is 12.2 Å². The molecule has 0 unspecified atom stereocenters. The van der Waals surface area contributed by atoms with Crippen LogP contribution in [-0.4, -0.2) is 11.0 Å². The first-order valence-electron chi connectivity index (χ1n) is 7.05. The number of nitrogens with zero attached hydrogens (tertiary/aromatic N) is 1. The van der Waals surface area contributed by atoms with Crippen LogP contribution in [0.1, 0.15) is 17.5 Å². The summed E-state index contributed by atoms with van der Waals surface area (Å²) < 4.78 is 0. The van der Waals surface area contributed by atoms with Gasteiger partial charge in [-0.25, -0.2) is 0 Å². The number of halogens is 1. The summed E-state index contributed by atoms with van der Waals surface area (Å²) in [5.74, 6) is -0.339. The number of fused-ring (bicyclic) bond motifs is 1. The minimum absolute atomic E-state index is 0.157. The molecule has 0 bridgehead atoms. The van der Waals surface area contributed by atoms with Crippen molar-refractivity contribution in [3.05, 3.63) is 77.3 Å². The third-order valence-corrected chi connectivity index (χ3v) is 4.15. The van der Waals surface area contributed by atoms with Gasteiger partial charge in [0, 0.05) is 17.0 Å². The number of hydrogen-bond donors (Lipinski definition) is 1. The van der Waals surface area contributed by atoms with Crippen LogP contribution in [0.25, 0.3) is 0 Å². The molecule has 1 heterocycles. The molecule has 3 nitrogen and oxygen atoms in total. The normalized spacial score (nSPS) is 20.1. The molecule has 4 heteroatoms. The highest BCUT2D eigenvalue weighted by Gasteiger charge is 2.48. The van der Waals surface area contributed by atoms with E-state index in [0.29, 0.717) is 22.8 Å². The smallest absolute Gasteiger partial charge is 0.264 e. The zero-order chi connectivity index (χ0) is 15.7. The molecule has 0 saturated carbocycles. The average Bonchev–Trinajstić information content (AvgIpc) is 2.71. The van der Waals surface area contributed by atoms with E-state index in [9.17, 15) is 9.90 Å². The number of hydrogen-bond acceptors (Lipinski definition) is 2. The molecule has 0 spiro atoms. The van der Waals surface area contributed by atoms with E-state index in [1.807, 2.05) is 30.3 Å². The molecule has 1 atom stereocenters. The first-order valence-corrected chi connectivity index (χ1v) is 7.43. The van der Waals surface area contributed by atoms with Gasteiger partial charge in [-0.3, -0.25) is 4.79 Å². The van der Waals surface area contributed by atoms with Crippen LogP contribution in [0.4, 0.5) is 5.69 Å². The van der Waals surface area contributed by atoms with Crippen molar-refractivity contribution in [1.29, 1.82) is 0 Å². The van der Waals surface area contributed by atoms with Gasteiger partial charge in [0.2, 0.25) is 0 Å². The number of benzene rings is 2. The molecule has 0 aliphatic carbocycles. The fourth-order valence-electron chi connectivity index (χ4n) is 2.85. The maximum atomic E-state index is 12.8. The number of anilines is 1. The van der Waals surface area contributed by atoms with E-state index in [2.05, 4.69) is 6.58 Å². The van der Waals surface area contributed by atoms with Gasteiger partial charge in [-0.15, -0.1) is 6.58 Å². The van der Waals surface area contributed by atoms with Crippen molar-refractivity contribution in [3.63, 3.8) is 0 Å². The minimum Gasteiger partial charge on any atom is -0.375 e. The summed E-state index contributed by atoms with van der Waals surface area (Å²) in [4.78, 5) is 14.4. The van der Waals surface area contributed by atoms with Gasteiger partial charge in [0.25, 0.3) is 5.91 Å². The summed E-state index contributed by atoms with van der Waals surface area (Å²) in [6, 6.07) is 14.8. The molecule has 1 N–H and O–H groups in total. The number of aliphatic hydroxyl groups is 1. The standard InChI is InChI=1S/C18H16ClNO2/c1-2-10-18(22)15-11-14(19)8-9-16(15)20(17(18)21)12-13-6-4-3-5-7-13/h2-9,11,22H,1,10,12H2/t18-/m1/s1. The molecule has 1 amide bonds. The van der Waals surface area contributed by atoms with Crippen LogP contribution < -0.4 is 4.90 Å². The summed E-state index contributed by atoms with van der Waals surface area (Å²) in [5, 5.41) is 11.4. The van der Waals surface area contributed by atoms with Crippen molar-refractivity contribution in [3.8, 4) is 0 Å². The Balaban J connectivity index is 2.06. The highest BCUT2D eigenvalue weighted by Crippen LogP contribution is 2.44. The molecule has 112 valence electrons. The lowest BCUT2D eigenvalue weighted by atomic mass is 9.92. The van der Waals surface area contributed by atoms with Crippen LogP contribution in [0.5, 0.6) is 0 Å². The maximum Gasteiger partial charge on any atom is 0.264 e. The molecule has 1 aliphatic heterocycles. The molecule has 0 aromatic heterocycles. The predicted octanol–water partition coefficient (Wildman–Crippen LogP) is 3.65. The van der Waals surface area contributed by atoms with Gasteiger partial charge in [-0.05, 0) is 23.8 Å². The van der Waals surface area contributed by atoms with Gasteiger partial charge in [-0.2, -0.15) is 0 Å². The second kappa shape index (κ2) is 5.59. The molecule has 0 radical (unpaired) electrons. The van der Waals surface area contributed by atoms with Gasteiger partial charge in [-0.1, -0.05) is 48.0 Å². The first-order chi connectivity index (χ1) is 10.6. The summed E-state index contributed by atoms with van der Waals surface area (Å²) in [6.07, 6.45) is 1.71. The molecular formula is C18H16ClNO2. The zero-order valence-electron chi connectivity index (χ0n) is 12.0. The molecular weight excluding hydrogens is 298 g/mol. The highest BCUT2D eigenvalue weighted by molar-refractivity contribution is 6.31. The lowest BCUT2D eigenvalue weighted by Crippen LogP contribution is -2.39. The Labute approximate surface area is 134 Å². The van der Waals surface area contributed by atoms with Crippen LogP contribution in [0.3, 0.4) is 0 Å². The molecule has 3 rings (SSSR count). The van der Waals surface area contributed by atoms with Crippen LogP contribution in [-0.2, 0) is 16.9 Å².